The maximum absolute atomic E-state index is 13.7. The summed E-state index contributed by atoms with van der Waals surface area (Å²) in [4.78, 5) is 31.6. The minimum atomic E-state index is -4.53. The minimum absolute atomic E-state index is 0.0486. The average Bonchev–Trinajstić information content (AvgIpc) is 3.36. The molecule has 7 nitrogen and oxygen atoms in total. The van der Waals surface area contributed by atoms with Crippen molar-refractivity contribution in [1.29, 1.82) is 0 Å². The fourth-order valence-corrected chi connectivity index (χ4v) is 4.91. The summed E-state index contributed by atoms with van der Waals surface area (Å²) in [6.07, 6.45) is 2.96. The lowest BCUT2D eigenvalue weighted by Crippen LogP contribution is -2.40. The molecule has 33 heavy (non-hydrogen) atoms. The third-order valence-electron chi connectivity index (χ3n) is 6.34. The Balaban J connectivity index is 1.39. The monoisotopic (exact) mass is 454 g/mol. The molecule has 1 aromatic carbocycles. The summed E-state index contributed by atoms with van der Waals surface area (Å²) in [6.45, 7) is 1.93. The summed E-state index contributed by atoms with van der Waals surface area (Å²) < 4.78 is 38.3. The quantitative estimate of drug-likeness (QED) is 0.639. The number of rotatable bonds is 4. The standard InChI is InChI=1S/C23H21F3N6O/c1-13-4-2-5-15(20(13)21-27-8-3-9-28-21)22(33)32-14-6-7-17(32)16(10-14)31-19-12-29-18(11-30-19)23(24,25)26/h2-5,8-9,11-12,14,16-17H,6-7,10H2,1H3,(H,30,31)/t14-,16-,17+/m1/s1. The van der Waals surface area contributed by atoms with Crippen molar-refractivity contribution >= 4 is 11.7 Å². The number of nitrogens with one attached hydrogen (secondary N) is 1. The van der Waals surface area contributed by atoms with Crippen molar-refractivity contribution in [3.8, 4) is 11.4 Å². The molecular weight excluding hydrogens is 433 g/mol. The van der Waals surface area contributed by atoms with Crippen LogP contribution in [0.4, 0.5) is 19.0 Å². The number of amides is 1. The molecule has 4 heterocycles. The van der Waals surface area contributed by atoms with Gasteiger partial charge in [-0.1, -0.05) is 12.1 Å². The Kier molecular flexibility index (Phi) is 5.22. The van der Waals surface area contributed by atoms with Crippen LogP contribution < -0.4 is 5.32 Å². The number of nitrogens with zero attached hydrogens (tertiary/aromatic N) is 5. The first-order valence-corrected chi connectivity index (χ1v) is 10.7. The molecule has 3 atom stereocenters. The molecule has 2 aromatic heterocycles. The minimum Gasteiger partial charge on any atom is -0.364 e. The lowest BCUT2D eigenvalue weighted by molar-refractivity contribution is -0.141. The second kappa shape index (κ2) is 8.09. The summed E-state index contributed by atoms with van der Waals surface area (Å²) in [5.74, 6) is 0.679. The van der Waals surface area contributed by atoms with Crippen LogP contribution >= 0.6 is 0 Å². The Morgan fingerprint density at radius 2 is 1.85 bits per heavy atom. The number of aromatic nitrogens is 4. The molecule has 0 spiro atoms. The number of alkyl halides is 3. The first kappa shape index (κ1) is 21.3. The molecule has 3 aromatic rings. The van der Waals surface area contributed by atoms with Gasteiger partial charge in [0.25, 0.3) is 5.91 Å². The van der Waals surface area contributed by atoms with Crippen LogP contribution in [0.5, 0.6) is 0 Å². The number of anilines is 1. The zero-order chi connectivity index (χ0) is 23.2. The van der Waals surface area contributed by atoms with E-state index in [0.717, 1.165) is 30.8 Å². The van der Waals surface area contributed by atoms with Crippen molar-refractivity contribution in [2.75, 3.05) is 5.32 Å². The second-order valence-electron chi connectivity index (χ2n) is 8.35. The van der Waals surface area contributed by atoms with Crippen molar-refractivity contribution in [1.82, 2.24) is 24.8 Å². The van der Waals surface area contributed by atoms with Crippen LogP contribution in [0.15, 0.2) is 49.1 Å². The summed E-state index contributed by atoms with van der Waals surface area (Å²) in [5.41, 5.74) is 1.14. The van der Waals surface area contributed by atoms with Crippen LogP contribution in [0.2, 0.25) is 0 Å². The molecule has 0 radical (unpaired) electrons. The van der Waals surface area contributed by atoms with Gasteiger partial charge in [-0.2, -0.15) is 13.2 Å². The summed E-state index contributed by atoms with van der Waals surface area (Å²) >= 11 is 0. The number of fused-ring (bicyclic) bond motifs is 2. The van der Waals surface area contributed by atoms with E-state index in [1.54, 1.807) is 24.5 Å². The van der Waals surface area contributed by atoms with Gasteiger partial charge in [0.1, 0.15) is 5.82 Å². The van der Waals surface area contributed by atoms with Gasteiger partial charge >= 0.3 is 6.18 Å². The van der Waals surface area contributed by atoms with E-state index < -0.39 is 11.9 Å². The molecule has 0 unspecified atom stereocenters. The van der Waals surface area contributed by atoms with Gasteiger partial charge in [-0.25, -0.2) is 19.9 Å². The highest BCUT2D eigenvalue weighted by Crippen LogP contribution is 2.41. The van der Waals surface area contributed by atoms with E-state index in [2.05, 4.69) is 25.3 Å². The van der Waals surface area contributed by atoms with Crippen molar-refractivity contribution < 1.29 is 18.0 Å². The van der Waals surface area contributed by atoms with Gasteiger partial charge < -0.3 is 10.2 Å². The smallest absolute Gasteiger partial charge is 0.364 e. The van der Waals surface area contributed by atoms with E-state index in [9.17, 15) is 18.0 Å². The van der Waals surface area contributed by atoms with Gasteiger partial charge in [0.15, 0.2) is 11.5 Å². The Labute approximate surface area is 188 Å². The predicted molar refractivity (Wildman–Crippen MR) is 114 cm³/mol. The molecule has 2 fully saturated rings. The first-order chi connectivity index (χ1) is 15.8. The van der Waals surface area contributed by atoms with E-state index in [0.29, 0.717) is 23.4 Å². The first-order valence-electron chi connectivity index (χ1n) is 10.7. The zero-order valence-corrected chi connectivity index (χ0v) is 17.8. The van der Waals surface area contributed by atoms with Gasteiger partial charge in [0.2, 0.25) is 0 Å². The average molecular weight is 454 g/mol. The van der Waals surface area contributed by atoms with Crippen molar-refractivity contribution in [2.45, 2.75) is 50.5 Å². The SMILES string of the molecule is Cc1cccc(C(=O)N2[C@@H]3CC[C@H]2[C@H](Nc2cnc(C(F)(F)F)cn2)C3)c1-c1ncccn1. The number of carbonyl (C=O) groups is 1. The maximum Gasteiger partial charge on any atom is 0.434 e. The molecule has 10 heteroatoms. The molecule has 0 aliphatic carbocycles. The molecule has 170 valence electrons. The third kappa shape index (κ3) is 3.90. The normalized spacial score (nSPS) is 21.9. The Bertz CT molecular complexity index is 1170. The van der Waals surface area contributed by atoms with Crippen LogP contribution in [0.1, 0.15) is 40.9 Å². The fraction of sp³-hybridized carbons (Fsp3) is 0.348. The molecule has 1 amide bonds. The van der Waals surface area contributed by atoms with Gasteiger partial charge in [0, 0.05) is 24.0 Å². The molecule has 2 bridgehead atoms. The number of aryl methyl sites for hydroxylation is 1. The van der Waals surface area contributed by atoms with Gasteiger partial charge in [-0.3, -0.25) is 4.79 Å². The Hall–Kier alpha value is -3.56. The summed E-state index contributed by atoms with van der Waals surface area (Å²) in [7, 11) is 0. The largest absolute Gasteiger partial charge is 0.434 e. The number of carbonyl (C=O) groups excluding carboxylic acids is 1. The molecule has 1 N–H and O–H groups in total. The molecule has 2 aliphatic heterocycles. The molecule has 5 rings (SSSR count). The van der Waals surface area contributed by atoms with Gasteiger partial charge in [-0.05, 0) is 43.9 Å². The number of hydrogen-bond donors (Lipinski definition) is 1. The number of halogens is 3. The van der Waals surface area contributed by atoms with Gasteiger partial charge in [0.05, 0.1) is 30.0 Å². The molecule has 0 saturated carbocycles. The molecule has 2 aliphatic rings. The predicted octanol–water partition coefficient (Wildman–Crippen LogP) is 4.12. The van der Waals surface area contributed by atoms with Crippen molar-refractivity contribution in [3.05, 3.63) is 65.9 Å². The van der Waals surface area contributed by atoms with Crippen LogP contribution in [0.3, 0.4) is 0 Å². The number of hydrogen-bond acceptors (Lipinski definition) is 6. The second-order valence-corrected chi connectivity index (χ2v) is 8.35. The highest BCUT2D eigenvalue weighted by atomic mass is 19.4. The van der Waals surface area contributed by atoms with Crippen LogP contribution in [0.25, 0.3) is 11.4 Å². The highest BCUT2D eigenvalue weighted by molar-refractivity contribution is 6.01. The third-order valence-corrected chi connectivity index (χ3v) is 6.34. The number of benzene rings is 1. The van der Waals surface area contributed by atoms with Crippen molar-refractivity contribution in [2.24, 2.45) is 0 Å². The lowest BCUT2D eigenvalue weighted by atomic mass is 9.95. The van der Waals surface area contributed by atoms with E-state index in [1.165, 1.54) is 0 Å². The lowest BCUT2D eigenvalue weighted by Gasteiger charge is -2.26. The summed E-state index contributed by atoms with van der Waals surface area (Å²) in [5, 5.41) is 3.19. The Morgan fingerprint density at radius 1 is 1.06 bits per heavy atom. The summed E-state index contributed by atoms with van der Waals surface area (Å²) in [6, 6.07) is 7.14. The van der Waals surface area contributed by atoms with E-state index in [-0.39, 0.29) is 29.9 Å². The maximum atomic E-state index is 13.7. The van der Waals surface area contributed by atoms with Crippen molar-refractivity contribution in [3.63, 3.8) is 0 Å². The van der Waals surface area contributed by atoms with E-state index >= 15 is 0 Å². The van der Waals surface area contributed by atoms with Crippen LogP contribution in [-0.2, 0) is 6.18 Å². The van der Waals surface area contributed by atoms with E-state index in [4.69, 9.17) is 0 Å². The Morgan fingerprint density at radius 3 is 2.55 bits per heavy atom. The zero-order valence-electron chi connectivity index (χ0n) is 17.8. The topological polar surface area (TPSA) is 83.9 Å². The van der Waals surface area contributed by atoms with Crippen LogP contribution in [-0.4, -0.2) is 48.9 Å². The van der Waals surface area contributed by atoms with Gasteiger partial charge in [-0.15, -0.1) is 0 Å². The van der Waals surface area contributed by atoms with Crippen LogP contribution in [0, 0.1) is 6.92 Å². The molecule has 2 saturated heterocycles. The fourth-order valence-electron chi connectivity index (χ4n) is 4.91. The highest BCUT2D eigenvalue weighted by Gasteiger charge is 2.49. The van der Waals surface area contributed by atoms with E-state index in [1.807, 2.05) is 24.0 Å². The molecular formula is C23H21F3N6O.